The van der Waals surface area contributed by atoms with Crippen molar-refractivity contribution in [2.75, 3.05) is 5.32 Å². The third-order valence-electron chi connectivity index (χ3n) is 5.02. The van der Waals surface area contributed by atoms with Gasteiger partial charge in [-0.1, -0.05) is 79.5 Å². The lowest BCUT2D eigenvalue weighted by Crippen LogP contribution is -2.13. The van der Waals surface area contributed by atoms with Gasteiger partial charge in [0, 0.05) is 33.3 Å². The number of hydrogen-bond donors (Lipinski definition) is 1. The first-order valence-corrected chi connectivity index (χ1v) is 12.2. The van der Waals surface area contributed by atoms with E-state index in [1.807, 2.05) is 48.5 Å². The molecule has 0 aliphatic heterocycles. The standard InChI is InChI=1S/C25H27BrN2O2S/c1-4-5-22-24(19-10-12-20(26)13-11-19)28-25(31-22)27-23(30)15-14-21(29)18-8-6-17(7-9-18)16(2)3/h6-13,16H,4-5,14-15H2,1-3H3,(H,27,28,30). The molecular weight excluding hydrogens is 472 g/mol. The van der Waals surface area contributed by atoms with Crippen LogP contribution in [-0.2, 0) is 11.2 Å². The fourth-order valence-electron chi connectivity index (χ4n) is 3.24. The lowest BCUT2D eigenvalue weighted by atomic mass is 9.99. The molecule has 0 saturated heterocycles. The number of amides is 1. The van der Waals surface area contributed by atoms with Crippen LogP contribution >= 0.6 is 27.3 Å². The van der Waals surface area contributed by atoms with Gasteiger partial charge in [0.1, 0.15) is 0 Å². The quantitative estimate of drug-likeness (QED) is 0.316. The van der Waals surface area contributed by atoms with Crippen LogP contribution in [0.15, 0.2) is 53.0 Å². The van der Waals surface area contributed by atoms with Crippen molar-refractivity contribution in [1.82, 2.24) is 4.98 Å². The van der Waals surface area contributed by atoms with E-state index in [0.29, 0.717) is 16.6 Å². The smallest absolute Gasteiger partial charge is 0.226 e. The molecule has 162 valence electrons. The molecule has 0 unspecified atom stereocenters. The predicted octanol–water partition coefficient (Wildman–Crippen LogP) is 7.25. The van der Waals surface area contributed by atoms with Crippen LogP contribution in [-0.4, -0.2) is 16.7 Å². The molecule has 1 heterocycles. The molecule has 4 nitrogen and oxygen atoms in total. The van der Waals surface area contributed by atoms with E-state index in [0.717, 1.165) is 33.4 Å². The molecule has 3 aromatic rings. The van der Waals surface area contributed by atoms with Gasteiger partial charge >= 0.3 is 0 Å². The number of Topliss-reactive ketones (excluding diaryl/α,β-unsaturated/α-hetero) is 1. The third kappa shape index (κ3) is 6.34. The van der Waals surface area contributed by atoms with Crippen LogP contribution in [0.3, 0.4) is 0 Å². The van der Waals surface area contributed by atoms with Gasteiger partial charge in [0.05, 0.1) is 5.69 Å². The Hall–Kier alpha value is -2.31. The number of nitrogens with zero attached hydrogens (tertiary/aromatic N) is 1. The van der Waals surface area contributed by atoms with Crippen molar-refractivity contribution in [2.24, 2.45) is 0 Å². The minimum atomic E-state index is -0.189. The van der Waals surface area contributed by atoms with Crippen molar-refractivity contribution >= 4 is 44.1 Å². The van der Waals surface area contributed by atoms with Crippen LogP contribution in [0.1, 0.15) is 66.8 Å². The molecule has 0 atom stereocenters. The summed E-state index contributed by atoms with van der Waals surface area (Å²) in [6.45, 7) is 6.37. The second kappa shape index (κ2) is 10.8. The molecule has 0 aliphatic carbocycles. The van der Waals surface area contributed by atoms with Crippen LogP contribution in [0.5, 0.6) is 0 Å². The van der Waals surface area contributed by atoms with Gasteiger partial charge in [0.2, 0.25) is 5.91 Å². The van der Waals surface area contributed by atoms with Crippen LogP contribution < -0.4 is 5.32 Å². The average molecular weight is 499 g/mol. The molecule has 0 spiro atoms. The molecule has 0 radical (unpaired) electrons. The predicted molar refractivity (Wildman–Crippen MR) is 132 cm³/mol. The lowest BCUT2D eigenvalue weighted by Gasteiger charge is -2.06. The van der Waals surface area contributed by atoms with Crippen LogP contribution in [0, 0.1) is 0 Å². The summed E-state index contributed by atoms with van der Waals surface area (Å²) >= 11 is 4.96. The largest absolute Gasteiger partial charge is 0.302 e. The number of carbonyl (C=O) groups is 2. The first-order valence-electron chi connectivity index (χ1n) is 10.6. The fraction of sp³-hybridized carbons (Fsp3) is 0.320. The second-order valence-corrected chi connectivity index (χ2v) is 9.80. The first kappa shape index (κ1) is 23.4. The summed E-state index contributed by atoms with van der Waals surface area (Å²) in [4.78, 5) is 30.7. The van der Waals surface area contributed by atoms with Crippen molar-refractivity contribution in [3.8, 4) is 11.3 Å². The normalized spacial score (nSPS) is 11.0. The number of halogens is 1. The van der Waals surface area contributed by atoms with Crippen molar-refractivity contribution in [3.63, 3.8) is 0 Å². The number of nitrogens with one attached hydrogen (secondary N) is 1. The number of benzene rings is 2. The molecule has 0 aliphatic rings. The van der Waals surface area contributed by atoms with Crippen LogP contribution in [0.4, 0.5) is 5.13 Å². The van der Waals surface area contributed by atoms with Gasteiger partial charge < -0.3 is 5.32 Å². The van der Waals surface area contributed by atoms with E-state index in [4.69, 9.17) is 0 Å². The average Bonchev–Trinajstić information content (AvgIpc) is 3.15. The highest BCUT2D eigenvalue weighted by Crippen LogP contribution is 2.33. The number of thiazole rings is 1. The van der Waals surface area contributed by atoms with Gasteiger partial charge in [-0.05, 0) is 30.0 Å². The summed E-state index contributed by atoms with van der Waals surface area (Å²) in [5.41, 5.74) is 3.79. The summed E-state index contributed by atoms with van der Waals surface area (Å²) in [7, 11) is 0. The monoisotopic (exact) mass is 498 g/mol. The molecular formula is C25H27BrN2O2S. The maximum atomic E-state index is 12.4. The molecule has 0 saturated carbocycles. The van der Waals surface area contributed by atoms with Gasteiger partial charge in [0.25, 0.3) is 0 Å². The van der Waals surface area contributed by atoms with Gasteiger partial charge in [-0.3, -0.25) is 9.59 Å². The molecule has 1 aromatic heterocycles. The molecule has 0 fully saturated rings. The Morgan fingerprint density at radius 3 is 2.32 bits per heavy atom. The Bertz CT molecular complexity index is 1040. The van der Waals surface area contributed by atoms with Crippen molar-refractivity contribution < 1.29 is 9.59 Å². The zero-order valence-electron chi connectivity index (χ0n) is 18.1. The summed E-state index contributed by atoms with van der Waals surface area (Å²) in [6.07, 6.45) is 2.23. The highest BCUT2D eigenvalue weighted by molar-refractivity contribution is 9.10. The number of aryl methyl sites for hydroxylation is 1. The number of aromatic nitrogens is 1. The van der Waals surface area contributed by atoms with E-state index in [2.05, 4.69) is 47.0 Å². The van der Waals surface area contributed by atoms with Gasteiger partial charge in [-0.2, -0.15) is 0 Å². The second-order valence-electron chi connectivity index (χ2n) is 7.80. The molecule has 31 heavy (non-hydrogen) atoms. The number of hydrogen-bond acceptors (Lipinski definition) is 4. The minimum Gasteiger partial charge on any atom is -0.302 e. The Kier molecular flexibility index (Phi) is 8.15. The van der Waals surface area contributed by atoms with Crippen LogP contribution in [0.2, 0.25) is 0 Å². The van der Waals surface area contributed by atoms with Crippen LogP contribution in [0.25, 0.3) is 11.3 Å². The third-order valence-corrected chi connectivity index (χ3v) is 6.58. The topological polar surface area (TPSA) is 59.1 Å². The van der Waals surface area contributed by atoms with E-state index >= 15 is 0 Å². The lowest BCUT2D eigenvalue weighted by molar-refractivity contribution is -0.116. The molecule has 2 aromatic carbocycles. The Balaban J connectivity index is 1.62. The molecule has 0 bridgehead atoms. The molecule has 1 amide bonds. The van der Waals surface area contributed by atoms with E-state index in [1.54, 1.807) is 0 Å². The summed E-state index contributed by atoms with van der Waals surface area (Å²) < 4.78 is 1.01. The molecule has 3 rings (SSSR count). The zero-order chi connectivity index (χ0) is 22.4. The van der Waals surface area contributed by atoms with Gasteiger partial charge in [0.15, 0.2) is 10.9 Å². The van der Waals surface area contributed by atoms with E-state index in [-0.39, 0.29) is 24.5 Å². The summed E-state index contributed by atoms with van der Waals surface area (Å²) in [6, 6.07) is 15.7. The van der Waals surface area contributed by atoms with Gasteiger partial charge in [-0.25, -0.2) is 4.98 Å². The van der Waals surface area contributed by atoms with E-state index in [1.165, 1.54) is 16.9 Å². The Morgan fingerprint density at radius 2 is 1.71 bits per heavy atom. The number of rotatable bonds is 9. The minimum absolute atomic E-state index is 0.0215. The first-order chi connectivity index (χ1) is 14.9. The maximum Gasteiger partial charge on any atom is 0.226 e. The number of ketones is 1. The Labute approximate surface area is 196 Å². The SMILES string of the molecule is CCCc1sc(NC(=O)CCC(=O)c2ccc(C(C)C)cc2)nc1-c1ccc(Br)cc1. The number of carbonyl (C=O) groups excluding carboxylic acids is 2. The number of anilines is 1. The van der Waals surface area contributed by atoms with E-state index in [9.17, 15) is 9.59 Å². The summed E-state index contributed by atoms with van der Waals surface area (Å²) in [5, 5.41) is 3.46. The molecule has 6 heteroatoms. The Morgan fingerprint density at radius 1 is 1.03 bits per heavy atom. The fourth-order valence-corrected chi connectivity index (χ4v) is 4.61. The van der Waals surface area contributed by atoms with Crippen molar-refractivity contribution in [3.05, 3.63) is 69.0 Å². The van der Waals surface area contributed by atoms with E-state index < -0.39 is 0 Å². The van der Waals surface area contributed by atoms with Crippen molar-refractivity contribution in [2.45, 2.75) is 52.4 Å². The molecule has 1 N–H and O–H groups in total. The highest BCUT2D eigenvalue weighted by atomic mass is 79.9. The van der Waals surface area contributed by atoms with Crippen molar-refractivity contribution in [1.29, 1.82) is 0 Å². The summed E-state index contributed by atoms with van der Waals surface area (Å²) in [5.74, 6) is 0.214. The van der Waals surface area contributed by atoms with Gasteiger partial charge in [-0.15, -0.1) is 11.3 Å². The zero-order valence-corrected chi connectivity index (χ0v) is 20.5. The highest BCUT2D eigenvalue weighted by Gasteiger charge is 2.16. The maximum absolute atomic E-state index is 12.4.